The van der Waals surface area contributed by atoms with Gasteiger partial charge < -0.3 is 10.4 Å². The van der Waals surface area contributed by atoms with Crippen molar-refractivity contribution in [3.63, 3.8) is 0 Å². The highest BCUT2D eigenvalue weighted by Crippen LogP contribution is 2.33. The van der Waals surface area contributed by atoms with Crippen LogP contribution in [0.1, 0.15) is 49.5 Å². The van der Waals surface area contributed by atoms with E-state index in [4.69, 9.17) is 11.6 Å². The van der Waals surface area contributed by atoms with E-state index >= 15 is 0 Å². The fraction of sp³-hybridized carbons (Fsp3) is 0.600. The zero-order chi connectivity index (χ0) is 14.6. The number of nitrogens with one attached hydrogen (secondary N) is 1. The minimum atomic E-state index is -0.770. The van der Waals surface area contributed by atoms with Crippen molar-refractivity contribution in [2.75, 3.05) is 6.54 Å². The number of aromatic nitrogens is 1. The maximum Gasteiger partial charge on any atom is 0.269 e. The molecule has 1 amide bonds. The highest BCUT2D eigenvalue weighted by atomic mass is 35.5. The van der Waals surface area contributed by atoms with E-state index < -0.39 is 5.60 Å². The van der Waals surface area contributed by atoms with E-state index in [2.05, 4.69) is 17.2 Å². The largest absolute Gasteiger partial charge is 0.388 e. The molecule has 1 aromatic heterocycles. The van der Waals surface area contributed by atoms with Crippen molar-refractivity contribution in [3.8, 4) is 0 Å². The summed E-state index contributed by atoms with van der Waals surface area (Å²) in [6.07, 6.45) is 6.17. The quantitative estimate of drug-likeness (QED) is 0.898. The molecule has 1 fully saturated rings. The number of hydrogen-bond acceptors (Lipinski definition) is 3. The van der Waals surface area contributed by atoms with E-state index in [1.165, 1.54) is 6.20 Å². The second-order valence-electron chi connectivity index (χ2n) is 5.62. The first kappa shape index (κ1) is 15.3. The second-order valence-corrected chi connectivity index (χ2v) is 6.06. The molecule has 5 heteroatoms. The molecule has 1 heterocycles. The van der Waals surface area contributed by atoms with Crippen molar-refractivity contribution in [2.45, 2.75) is 44.6 Å². The van der Waals surface area contributed by atoms with Gasteiger partial charge in [0, 0.05) is 12.7 Å². The predicted octanol–water partition coefficient (Wildman–Crippen LogP) is 2.80. The molecule has 0 saturated heterocycles. The Morgan fingerprint density at radius 2 is 2.20 bits per heavy atom. The van der Waals surface area contributed by atoms with Gasteiger partial charge in [0.2, 0.25) is 0 Å². The molecule has 1 saturated carbocycles. The van der Waals surface area contributed by atoms with Crippen molar-refractivity contribution in [1.82, 2.24) is 10.3 Å². The molecule has 1 aliphatic carbocycles. The van der Waals surface area contributed by atoms with Gasteiger partial charge in [0.15, 0.2) is 0 Å². The Bertz CT molecular complexity index is 453. The third-order valence-corrected chi connectivity index (χ3v) is 4.37. The van der Waals surface area contributed by atoms with E-state index in [1.54, 1.807) is 12.1 Å². The predicted molar refractivity (Wildman–Crippen MR) is 78.8 cm³/mol. The maximum absolute atomic E-state index is 11.9. The minimum absolute atomic E-state index is 0.271. The van der Waals surface area contributed by atoms with E-state index in [0.29, 0.717) is 16.6 Å². The zero-order valence-electron chi connectivity index (χ0n) is 11.7. The summed E-state index contributed by atoms with van der Waals surface area (Å²) in [5.41, 5.74) is -0.450. The molecule has 0 radical (unpaired) electrons. The van der Waals surface area contributed by atoms with Gasteiger partial charge in [-0.05, 0) is 43.7 Å². The summed E-state index contributed by atoms with van der Waals surface area (Å²) in [4.78, 5) is 15.9. The first-order chi connectivity index (χ1) is 9.52. The Morgan fingerprint density at radius 3 is 2.75 bits per heavy atom. The molecular weight excluding hydrogens is 276 g/mol. The Morgan fingerprint density at radius 1 is 1.50 bits per heavy atom. The van der Waals surface area contributed by atoms with Gasteiger partial charge in [-0.3, -0.25) is 4.79 Å². The summed E-state index contributed by atoms with van der Waals surface area (Å²) >= 11 is 5.73. The summed E-state index contributed by atoms with van der Waals surface area (Å²) < 4.78 is 0. The van der Waals surface area contributed by atoms with Crippen LogP contribution in [0.5, 0.6) is 0 Å². The molecule has 1 aliphatic rings. The van der Waals surface area contributed by atoms with Crippen molar-refractivity contribution in [1.29, 1.82) is 0 Å². The van der Waals surface area contributed by atoms with Crippen LogP contribution < -0.4 is 5.32 Å². The Kier molecular flexibility index (Phi) is 5.00. The highest BCUT2D eigenvalue weighted by Gasteiger charge is 2.32. The summed E-state index contributed by atoms with van der Waals surface area (Å²) in [5.74, 6) is 0.441. The van der Waals surface area contributed by atoms with Crippen LogP contribution in [0.15, 0.2) is 18.3 Å². The van der Waals surface area contributed by atoms with Crippen LogP contribution in [-0.2, 0) is 0 Å². The summed E-state index contributed by atoms with van der Waals surface area (Å²) in [7, 11) is 0. The number of halogens is 1. The lowest BCUT2D eigenvalue weighted by Crippen LogP contribution is -2.45. The van der Waals surface area contributed by atoms with Gasteiger partial charge in [0.25, 0.3) is 5.91 Å². The third kappa shape index (κ3) is 3.93. The van der Waals surface area contributed by atoms with Crippen LogP contribution in [-0.4, -0.2) is 28.1 Å². The molecule has 1 aromatic rings. The minimum Gasteiger partial charge on any atom is -0.388 e. The normalized spacial score (nSPS) is 26.2. The van der Waals surface area contributed by atoms with Crippen LogP contribution in [0.2, 0.25) is 5.02 Å². The lowest BCUT2D eigenvalue weighted by Gasteiger charge is -2.35. The second kappa shape index (κ2) is 6.55. The molecule has 0 aromatic carbocycles. The fourth-order valence-corrected chi connectivity index (χ4v) is 2.76. The van der Waals surface area contributed by atoms with Gasteiger partial charge in [-0.15, -0.1) is 0 Å². The number of aliphatic hydroxyl groups is 1. The smallest absolute Gasteiger partial charge is 0.269 e. The molecule has 0 bridgehead atoms. The Balaban J connectivity index is 1.85. The van der Waals surface area contributed by atoms with Crippen molar-refractivity contribution >= 4 is 17.5 Å². The number of amides is 1. The van der Waals surface area contributed by atoms with Gasteiger partial charge in [0.1, 0.15) is 5.69 Å². The van der Waals surface area contributed by atoms with Crippen LogP contribution in [0.4, 0.5) is 0 Å². The average molecular weight is 297 g/mol. The first-order valence-electron chi connectivity index (χ1n) is 7.14. The molecule has 110 valence electrons. The van der Waals surface area contributed by atoms with Gasteiger partial charge in [0.05, 0.1) is 10.6 Å². The zero-order valence-corrected chi connectivity index (χ0v) is 12.5. The number of nitrogens with zero attached hydrogens (tertiary/aromatic N) is 1. The molecule has 4 nitrogen and oxygen atoms in total. The molecule has 0 aliphatic heterocycles. The molecule has 0 spiro atoms. The van der Waals surface area contributed by atoms with Gasteiger partial charge >= 0.3 is 0 Å². The number of hydrogen-bond donors (Lipinski definition) is 2. The lowest BCUT2D eigenvalue weighted by atomic mass is 9.78. The fourth-order valence-electron chi connectivity index (χ4n) is 2.65. The molecule has 20 heavy (non-hydrogen) atoms. The average Bonchev–Trinajstić information content (AvgIpc) is 2.46. The maximum atomic E-state index is 11.9. The Labute approximate surface area is 124 Å². The third-order valence-electron chi connectivity index (χ3n) is 4.15. The summed E-state index contributed by atoms with van der Waals surface area (Å²) in [5, 5.41) is 13.7. The van der Waals surface area contributed by atoms with Crippen molar-refractivity contribution < 1.29 is 9.90 Å². The lowest BCUT2D eigenvalue weighted by molar-refractivity contribution is -0.00790. The number of rotatable bonds is 4. The van der Waals surface area contributed by atoms with Crippen LogP contribution >= 0.6 is 11.6 Å². The monoisotopic (exact) mass is 296 g/mol. The number of pyridine rings is 1. The topological polar surface area (TPSA) is 62.2 Å². The molecular formula is C15H21ClN2O2. The van der Waals surface area contributed by atoms with E-state index in [-0.39, 0.29) is 12.5 Å². The van der Waals surface area contributed by atoms with Crippen LogP contribution in [0.25, 0.3) is 0 Å². The summed E-state index contributed by atoms with van der Waals surface area (Å²) in [6, 6.07) is 3.21. The van der Waals surface area contributed by atoms with E-state index in [9.17, 15) is 9.90 Å². The number of carbonyl (C=O) groups is 1. The number of carbonyl (C=O) groups excluding carboxylic acids is 1. The molecule has 2 rings (SSSR count). The van der Waals surface area contributed by atoms with Gasteiger partial charge in [-0.2, -0.15) is 0 Å². The molecule has 2 N–H and O–H groups in total. The van der Waals surface area contributed by atoms with Gasteiger partial charge in [-0.25, -0.2) is 4.98 Å². The van der Waals surface area contributed by atoms with Crippen LogP contribution in [0.3, 0.4) is 0 Å². The molecule has 0 atom stereocenters. The first-order valence-corrected chi connectivity index (χ1v) is 7.52. The molecule has 0 unspecified atom stereocenters. The van der Waals surface area contributed by atoms with E-state index in [1.807, 2.05) is 0 Å². The SMILES string of the molecule is CCC1CCC(O)(CNC(=O)c2ccc(Cl)cn2)CC1. The highest BCUT2D eigenvalue weighted by molar-refractivity contribution is 6.30. The van der Waals surface area contributed by atoms with Crippen LogP contribution in [0, 0.1) is 5.92 Å². The Hall–Kier alpha value is -1.13. The van der Waals surface area contributed by atoms with Crippen molar-refractivity contribution in [2.24, 2.45) is 5.92 Å². The summed E-state index contributed by atoms with van der Waals surface area (Å²) in [6.45, 7) is 2.47. The van der Waals surface area contributed by atoms with E-state index in [0.717, 1.165) is 32.1 Å². The standard InChI is InChI=1S/C15H21ClN2O2/c1-2-11-5-7-15(20,8-6-11)10-18-14(19)13-4-3-12(16)9-17-13/h3-4,9,11,20H,2,5-8,10H2,1H3,(H,18,19). The van der Waals surface area contributed by atoms with Crippen molar-refractivity contribution in [3.05, 3.63) is 29.0 Å². The van der Waals surface area contributed by atoms with Gasteiger partial charge in [-0.1, -0.05) is 24.9 Å².